The van der Waals surface area contributed by atoms with E-state index in [0.29, 0.717) is 5.82 Å². The van der Waals surface area contributed by atoms with E-state index in [-0.39, 0.29) is 10.8 Å². The molecule has 0 aliphatic rings. The average Bonchev–Trinajstić information content (AvgIpc) is 2.43. The molecule has 3 aromatic rings. The molecule has 0 spiro atoms. The molecule has 3 rings (SSSR count). The molecule has 1 heterocycles. The van der Waals surface area contributed by atoms with Crippen LogP contribution < -0.4 is 0 Å². The lowest BCUT2D eigenvalue weighted by Gasteiger charge is -2.05. The van der Waals surface area contributed by atoms with Gasteiger partial charge in [-0.15, -0.1) is 0 Å². The molecule has 4 heteroatoms. The van der Waals surface area contributed by atoms with Crippen LogP contribution in [0.3, 0.4) is 0 Å². The van der Waals surface area contributed by atoms with Gasteiger partial charge in [-0.1, -0.05) is 48.0 Å². The molecule has 0 aliphatic heterocycles. The Morgan fingerprint density at radius 1 is 1.00 bits per heavy atom. The van der Waals surface area contributed by atoms with Crippen LogP contribution in [0.1, 0.15) is 5.69 Å². The van der Waals surface area contributed by atoms with E-state index in [1.54, 1.807) is 6.92 Å². The Hall–Kier alpha value is -2.00. The lowest BCUT2D eigenvalue weighted by molar-refractivity contribution is 0.603. The van der Waals surface area contributed by atoms with Crippen LogP contribution in [0.4, 0.5) is 4.39 Å². The maximum atomic E-state index is 13.4. The van der Waals surface area contributed by atoms with E-state index in [2.05, 4.69) is 9.97 Å². The second-order valence-electron chi connectivity index (χ2n) is 4.30. The number of aryl methyl sites for hydroxylation is 1. The first-order valence-corrected chi connectivity index (χ1v) is 6.22. The highest BCUT2D eigenvalue weighted by atomic mass is 35.5. The van der Waals surface area contributed by atoms with Crippen molar-refractivity contribution in [2.75, 3.05) is 0 Å². The fourth-order valence-electron chi connectivity index (χ4n) is 1.98. The van der Waals surface area contributed by atoms with Crippen LogP contribution in [-0.2, 0) is 0 Å². The summed E-state index contributed by atoms with van der Waals surface area (Å²) in [6.07, 6.45) is 0. The van der Waals surface area contributed by atoms with Crippen molar-refractivity contribution >= 4 is 22.4 Å². The normalized spacial score (nSPS) is 10.9. The molecule has 0 radical (unpaired) electrons. The highest BCUT2D eigenvalue weighted by molar-refractivity contribution is 6.29. The van der Waals surface area contributed by atoms with Gasteiger partial charge >= 0.3 is 0 Å². The molecule has 0 saturated carbocycles. The van der Waals surface area contributed by atoms with Gasteiger partial charge in [0.15, 0.2) is 16.8 Å². The van der Waals surface area contributed by atoms with E-state index in [4.69, 9.17) is 11.6 Å². The summed E-state index contributed by atoms with van der Waals surface area (Å²) in [6, 6.07) is 13.9. The molecule has 19 heavy (non-hydrogen) atoms. The van der Waals surface area contributed by atoms with Gasteiger partial charge in [-0.25, -0.2) is 14.4 Å². The fourth-order valence-corrected chi connectivity index (χ4v) is 2.20. The third-order valence-electron chi connectivity index (χ3n) is 2.98. The predicted molar refractivity (Wildman–Crippen MR) is 74.7 cm³/mol. The summed E-state index contributed by atoms with van der Waals surface area (Å²) >= 11 is 5.76. The molecule has 94 valence electrons. The average molecular weight is 273 g/mol. The Kier molecular flexibility index (Phi) is 2.91. The number of aromatic nitrogens is 2. The lowest BCUT2D eigenvalue weighted by Crippen LogP contribution is -1.97. The van der Waals surface area contributed by atoms with Crippen molar-refractivity contribution in [3.8, 4) is 11.4 Å². The fraction of sp³-hybridized carbons (Fsp3) is 0.0667. The molecular weight excluding hydrogens is 263 g/mol. The minimum absolute atomic E-state index is 0.143. The number of hydrogen-bond acceptors (Lipinski definition) is 2. The molecule has 2 aromatic carbocycles. The van der Waals surface area contributed by atoms with Gasteiger partial charge in [-0.05, 0) is 23.8 Å². The van der Waals surface area contributed by atoms with Crippen LogP contribution in [0.5, 0.6) is 0 Å². The number of benzene rings is 2. The number of fused-ring (bicyclic) bond motifs is 1. The Morgan fingerprint density at radius 2 is 1.74 bits per heavy atom. The largest absolute Gasteiger partial charge is 0.230 e. The zero-order valence-electron chi connectivity index (χ0n) is 10.2. The number of halogens is 2. The molecular formula is C15H10ClFN2. The third-order valence-corrected chi connectivity index (χ3v) is 3.23. The first-order valence-electron chi connectivity index (χ1n) is 5.84. The summed E-state index contributed by atoms with van der Waals surface area (Å²) in [4.78, 5) is 8.13. The Morgan fingerprint density at radius 3 is 2.47 bits per heavy atom. The van der Waals surface area contributed by atoms with Crippen molar-refractivity contribution in [2.45, 2.75) is 6.92 Å². The van der Waals surface area contributed by atoms with Crippen molar-refractivity contribution in [1.29, 1.82) is 0 Å². The maximum absolute atomic E-state index is 13.4. The Balaban J connectivity index is 2.19. The van der Waals surface area contributed by atoms with Gasteiger partial charge in [0.25, 0.3) is 0 Å². The first-order chi connectivity index (χ1) is 9.15. The van der Waals surface area contributed by atoms with Crippen molar-refractivity contribution in [1.82, 2.24) is 9.97 Å². The monoisotopic (exact) mass is 272 g/mol. The molecule has 1 aromatic heterocycles. The van der Waals surface area contributed by atoms with Crippen LogP contribution in [0, 0.1) is 12.7 Å². The van der Waals surface area contributed by atoms with E-state index < -0.39 is 5.82 Å². The molecule has 0 aliphatic carbocycles. The molecule has 0 amide bonds. The quantitative estimate of drug-likeness (QED) is 0.614. The van der Waals surface area contributed by atoms with Gasteiger partial charge in [0.05, 0.1) is 5.69 Å². The van der Waals surface area contributed by atoms with Crippen molar-refractivity contribution < 1.29 is 4.39 Å². The molecule has 0 N–H and O–H groups in total. The van der Waals surface area contributed by atoms with Gasteiger partial charge < -0.3 is 0 Å². The molecule has 0 unspecified atom stereocenters. The second-order valence-corrected chi connectivity index (χ2v) is 4.66. The molecule has 0 bridgehead atoms. The zero-order chi connectivity index (χ0) is 13.4. The molecule has 0 fully saturated rings. The summed E-state index contributed by atoms with van der Waals surface area (Å²) in [5, 5.41) is 2.08. The van der Waals surface area contributed by atoms with Crippen molar-refractivity contribution in [3.63, 3.8) is 0 Å². The molecule has 0 saturated heterocycles. The Bertz CT molecular complexity index is 748. The third kappa shape index (κ3) is 2.17. The standard InChI is InChI=1S/C15H10ClFN2/c1-9-13(17)14(16)19-15(18-9)12-7-6-10-4-2-3-5-11(10)8-12/h2-8H,1H3. The Labute approximate surface area is 114 Å². The van der Waals surface area contributed by atoms with E-state index in [1.165, 1.54) is 0 Å². The van der Waals surface area contributed by atoms with E-state index >= 15 is 0 Å². The number of rotatable bonds is 1. The summed E-state index contributed by atoms with van der Waals surface area (Å²) in [5.41, 5.74) is 1.08. The van der Waals surface area contributed by atoms with Crippen LogP contribution in [0.15, 0.2) is 42.5 Å². The maximum Gasteiger partial charge on any atom is 0.181 e. The van der Waals surface area contributed by atoms with Crippen molar-refractivity contribution in [2.24, 2.45) is 0 Å². The molecule has 2 nitrogen and oxygen atoms in total. The summed E-state index contributed by atoms with van der Waals surface area (Å²) in [6.45, 7) is 1.58. The van der Waals surface area contributed by atoms with Crippen LogP contribution in [-0.4, -0.2) is 9.97 Å². The number of nitrogens with zero attached hydrogens (tertiary/aromatic N) is 2. The van der Waals surface area contributed by atoms with Gasteiger partial charge in [-0.3, -0.25) is 0 Å². The topological polar surface area (TPSA) is 25.8 Å². The van der Waals surface area contributed by atoms with Gasteiger partial charge in [-0.2, -0.15) is 0 Å². The summed E-state index contributed by atoms with van der Waals surface area (Å²) < 4.78 is 13.4. The van der Waals surface area contributed by atoms with Gasteiger partial charge in [0.1, 0.15) is 0 Å². The predicted octanol–water partition coefficient (Wildman–Crippen LogP) is 4.40. The smallest absolute Gasteiger partial charge is 0.181 e. The van der Waals surface area contributed by atoms with E-state index in [0.717, 1.165) is 16.3 Å². The number of hydrogen-bond donors (Lipinski definition) is 0. The summed E-state index contributed by atoms with van der Waals surface area (Å²) in [7, 11) is 0. The molecule has 0 atom stereocenters. The zero-order valence-corrected chi connectivity index (χ0v) is 10.9. The SMILES string of the molecule is Cc1nc(-c2ccc3ccccc3c2)nc(Cl)c1F. The van der Waals surface area contributed by atoms with E-state index in [9.17, 15) is 4.39 Å². The van der Waals surface area contributed by atoms with Crippen LogP contribution in [0.2, 0.25) is 5.15 Å². The minimum Gasteiger partial charge on any atom is -0.230 e. The second kappa shape index (κ2) is 4.59. The highest BCUT2D eigenvalue weighted by Gasteiger charge is 2.11. The minimum atomic E-state index is -0.564. The highest BCUT2D eigenvalue weighted by Crippen LogP contribution is 2.24. The van der Waals surface area contributed by atoms with Crippen LogP contribution >= 0.6 is 11.6 Å². The first kappa shape index (κ1) is 12.1. The van der Waals surface area contributed by atoms with Gasteiger partial charge in [0.2, 0.25) is 0 Å². The van der Waals surface area contributed by atoms with Crippen LogP contribution in [0.25, 0.3) is 22.2 Å². The summed E-state index contributed by atoms with van der Waals surface area (Å²) in [5.74, 6) is -0.124. The van der Waals surface area contributed by atoms with E-state index in [1.807, 2.05) is 42.5 Å². The van der Waals surface area contributed by atoms with Gasteiger partial charge in [0, 0.05) is 5.56 Å². The lowest BCUT2D eigenvalue weighted by atomic mass is 10.1. The van der Waals surface area contributed by atoms with Crippen molar-refractivity contribution in [3.05, 3.63) is 59.1 Å².